The molecule has 2 nitrogen and oxygen atoms in total. The SMILES string of the molecule is C/C=C/C=C/C(=O)Nc1ccc(F)cc1C. The monoisotopic (exact) mass is 219 g/mol. The predicted octanol–water partition coefficient (Wildman–Crippen LogP) is 3.20. The number of carbonyl (C=O) groups is 1. The summed E-state index contributed by atoms with van der Waals surface area (Å²) in [5, 5.41) is 2.67. The van der Waals surface area contributed by atoms with Gasteiger partial charge >= 0.3 is 0 Å². The summed E-state index contributed by atoms with van der Waals surface area (Å²) in [6, 6.07) is 4.25. The van der Waals surface area contributed by atoms with Crippen LogP contribution in [0.4, 0.5) is 10.1 Å². The number of aryl methyl sites for hydroxylation is 1. The highest BCUT2D eigenvalue weighted by Crippen LogP contribution is 2.15. The smallest absolute Gasteiger partial charge is 0.248 e. The summed E-state index contributed by atoms with van der Waals surface area (Å²) in [7, 11) is 0. The van der Waals surface area contributed by atoms with E-state index in [1.807, 2.05) is 13.0 Å². The average Bonchev–Trinajstić information content (AvgIpc) is 2.23. The van der Waals surface area contributed by atoms with Gasteiger partial charge in [0.15, 0.2) is 0 Å². The molecule has 0 atom stereocenters. The van der Waals surface area contributed by atoms with Gasteiger partial charge in [-0.05, 0) is 37.6 Å². The Hall–Kier alpha value is -1.90. The van der Waals surface area contributed by atoms with Gasteiger partial charge in [-0.15, -0.1) is 0 Å². The normalized spacial score (nSPS) is 11.2. The molecular formula is C13H14FNO. The second kappa shape index (κ2) is 5.85. The van der Waals surface area contributed by atoms with Crippen molar-refractivity contribution in [2.75, 3.05) is 5.32 Å². The van der Waals surface area contributed by atoms with Gasteiger partial charge in [0.05, 0.1) is 0 Å². The molecule has 0 saturated carbocycles. The van der Waals surface area contributed by atoms with E-state index in [1.165, 1.54) is 18.2 Å². The Morgan fingerprint density at radius 1 is 1.38 bits per heavy atom. The van der Waals surface area contributed by atoms with E-state index in [4.69, 9.17) is 0 Å². The number of halogens is 1. The number of anilines is 1. The van der Waals surface area contributed by atoms with Gasteiger partial charge < -0.3 is 5.32 Å². The lowest BCUT2D eigenvalue weighted by atomic mass is 10.2. The molecule has 3 heteroatoms. The molecule has 16 heavy (non-hydrogen) atoms. The highest BCUT2D eigenvalue weighted by Gasteiger charge is 2.01. The maximum absolute atomic E-state index is 12.8. The number of nitrogens with one attached hydrogen (secondary N) is 1. The van der Waals surface area contributed by atoms with Crippen LogP contribution in [0.15, 0.2) is 42.5 Å². The first-order valence-corrected chi connectivity index (χ1v) is 5.00. The van der Waals surface area contributed by atoms with E-state index in [2.05, 4.69) is 5.32 Å². The molecule has 1 rings (SSSR count). The Balaban J connectivity index is 2.70. The standard InChI is InChI=1S/C13H14FNO/c1-3-4-5-6-13(16)15-12-8-7-11(14)9-10(12)2/h3-9H,1-2H3,(H,15,16)/b4-3+,6-5+. The zero-order valence-corrected chi connectivity index (χ0v) is 9.33. The van der Waals surface area contributed by atoms with Crippen LogP contribution in [0.3, 0.4) is 0 Å². The Morgan fingerprint density at radius 3 is 2.75 bits per heavy atom. The first-order chi connectivity index (χ1) is 7.63. The van der Waals surface area contributed by atoms with Gasteiger partial charge in [0, 0.05) is 11.8 Å². The molecule has 0 bridgehead atoms. The molecule has 1 aromatic rings. The second-order valence-electron chi connectivity index (χ2n) is 3.33. The zero-order valence-electron chi connectivity index (χ0n) is 9.33. The van der Waals surface area contributed by atoms with Gasteiger partial charge in [-0.1, -0.05) is 18.2 Å². The summed E-state index contributed by atoms with van der Waals surface area (Å²) in [6.45, 7) is 3.61. The molecule has 0 saturated heterocycles. The first kappa shape index (κ1) is 12.2. The molecule has 0 aliphatic rings. The third-order valence-corrected chi connectivity index (χ3v) is 2.00. The molecule has 0 radical (unpaired) electrons. The minimum atomic E-state index is -0.306. The van der Waals surface area contributed by atoms with Crippen LogP contribution in [0.25, 0.3) is 0 Å². The molecule has 0 unspecified atom stereocenters. The van der Waals surface area contributed by atoms with Gasteiger partial charge in [0.2, 0.25) is 5.91 Å². The van der Waals surface area contributed by atoms with Crippen LogP contribution in [0.1, 0.15) is 12.5 Å². The van der Waals surface area contributed by atoms with Crippen LogP contribution in [-0.4, -0.2) is 5.91 Å². The molecule has 0 aliphatic heterocycles. The minimum Gasteiger partial charge on any atom is -0.322 e. The lowest BCUT2D eigenvalue weighted by molar-refractivity contribution is -0.111. The lowest BCUT2D eigenvalue weighted by Crippen LogP contribution is -2.08. The van der Waals surface area contributed by atoms with Crippen molar-refractivity contribution in [3.8, 4) is 0 Å². The number of hydrogen-bond donors (Lipinski definition) is 1. The topological polar surface area (TPSA) is 29.1 Å². The maximum atomic E-state index is 12.8. The van der Waals surface area contributed by atoms with E-state index in [9.17, 15) is 9.18 Å². The summed E-state index contributed by atoms with van der Waals surface area (Å²) in [4.78, 5) is 11.4. The van der Waals surface area contributed by atoms with Crippen molar-refractivity contribution < 1.29 is 9.18 Å². The van der Waals surface area contributed by atoms with Crippen molar-refractivity contribution in [3.05, 3.63) is 53.9 Å². The molecule has 0 aliphatic carbocycles. The lowest BCUT2D eigenvalue weighted by Gasteiger charge is -2.05. The summed E-state index contributed by atoms with van der Waals surface area (Å²) in [5.74, 6) is -0.534. The molecule has 0 heterocycles. The summed E-state index contributed by atoms with van der Waals surface area (Å²) in [6.07, 6.45) is 6.65. The second-order valence-corrected chi connectivity index (χ2v) is 3.33. The number of hydrogen-bond acceptors (Lipinski definition) is 1. The van der Waals surface area contributed by atoms with Gasteiger partial charge in [0.1, 0.15) is 5.82 Å². The van der Waals surface area contributed by atoms with Gasteiger partial charge in [0.25, 0.3) is 0 Å². The van der Waals surface area contributed by atoms with Crippen molar-refractivity contribution in [3.63, 3.8) is 0 Å². The largest absolute Gasteiger partial charge is 0.322 e. The summed E-state index contributed by atoms with van der Waals surface area (Å²) in [5.41, 5.74) is 1.32. The molecule has 1 aromatic carbocycles. The van der Waals surface area contributed by atoms with Gasteiger partial charge in [-0.3, -0.25) is 4.79 Å². The Labute approximate surface area is 94.5 Å². The number of amides is 1. The van der Waals surface area contributed by atoms with E-state index in [0.717, 1.165) is 0 Å². The van der Waals surface area contributed by atoms with E-state index in [0.29, 0.717) is 11.3 Å². The maximum Gasteiger partial charge on any atom is 0.248 e. The third-order valence-electron chi connectivity index (χ3n) is 2.00. The minimum absolute atomic E-state index is 0.229. The number of allylic oxidation sites excluding steroid dienone is 3. The molecular weight excluding hydrogens is 205 g/mol. The van der Waals surface area contributed by atoms with Crippen LogP contribution >= 0.6 is 0 Å². The fourth-order valence-corrected chi connectivity index (χ4v) is 1.20. The fourth-order valence-electron chi connectivity index (χ4n) is 1.20. The van der Waals surface area contributed by atoms with Crippen molar-refractivity contribution >= 4 is 11.6 Å². The highest BCUT2D eigenvalue weighted by atomic mass is 19.1. The van der Waals surface area contributed by atoms with Crippen molar-refractivity contribution in [2.24, 2.45) is 0 Å². The zero-order chi connectivity index (χ0) is 12.0. The molecule has 1 N–H and O–H groups in total. The van der Waals surface area contributed by atoms with Crippen LogP contribution in [0, 0.1) is 12.7 Å². The van der Waals surface area contributed by atoms with E-state index in [-0.39, 0.29) is 11.7 Å². The summed E-state index contributed by atoms with van der Waals surface area (Å²) >= 11 is 0. The van der Waals surface area contributed by atoms with E-state index < -0.39 is 0 Å². The predicted molar refractivity (Wildman–Crippen MR) is 63.7 cm³/mol. The molecule has 0 fully saturated rings. The van der Waals surface area contributed by atoms with E-state index in [1.54, 1.807) is 25.1 Å². The Morgan fingerprint density at radius 2 is 2.12 bits per heavy atom. The van der Waals surface area contributed by atoms with E-state index >= 15 is 0 Å². The third kappa shape index (κ3) is 3.69. The highest BCUT2D eigenvalue weighted by molar-refractivity contribution is 5.99. The summed E-state index contributed by atoms with van der Waals surface area (Å²) < 4.78 is 12.8. The first-order valence-electron chi connectivity index (χ1n) is 5.00. The average molecular weight is 219 g/mol. The van der Waals surface area contributed by atoms with Crippen LogP contribution in [0.2, 0.25) is 0 Å². The van der Waals surface area contributed by atoms with Crippen LogP contribution in [0.5, 0.6) is 0 Å². The molecule has 0 aromatic heterocycles. The van der Waals surface area contributed by atoms with Crippen molar-refractivity contribution in [2.45, 2.75) is 13.8 Å². The fraction of sp³-hybridized carbons (Fsp3) is 0.154. The Kier molecular flexibility index (Phi) is 4.45. The van der Waals surface area contributed by atoms with Crippen LogP contribution < -0.4 is 5.32 Å². The Bertz CT molecular complexity index is 436. The molecule has 84 valence electrons. The quantitative estimate of drug-likeness (QED) is 0.613. The van der Waals surface area contributed by atoms with Gasteiger partial charge in [-0.2, -0.15) is 0 Å². The molecule has 1 amide bonds. The van der Waals surface area contributed by atoms with Crippen molar-refractivity contribution in [1.82, 2.24) is 0 Å². The number of carbonyl (C=O) groups excluding carboxylic acids is 1. The van der Waals surface area contributed by atoms with Gasteiger partial charge in [-0.25, -0.2) is 4.39 Å². The number of rotatable bonds is 3. The van der Waals surface area contributed by atoms with Crippen molar-refractivity contribution in [1.29, 1.82) is 0 Å². The molecule has 0 spiro atoms. The number of benzene rings is 1. The van der Waals surface area contributed by atoms with Crippen LogP contribution in [-0.2, 0) is 4.79 Å².